The first-order chi connectivity index (χ1) is 9.99. The molecule has 0 spiro atoms. The second kappa shape index (κ2) is 6.70. The van der Waals surface area contributed by atoms with Crippen LogP contribution in [0.1, 0.15) is 16.7 Å². The van der Waals surface area contributed by atoms with Gasteiger partial charge in [-0.25, -0.2) is 4.39 Å². The van der Waals surface area contributed by atoms with Gasteiger partial charge >= 0.3 is 0 Å². The molecule has 0 aliphatic heterocycles. The summed E-state index contributed by atoms with van der Waals surface area (Å²) in [6.45, 7) is 1.03. The first kappa shape index (κ1) is 15.5. The first-order valence-corrected chi connectivity index (χ1v) is 6.90. The van der Waals surface area contributed by atoms with E-state index in [2.05, 4.69) is 0 Å². The number of amidine groups is 1. The molecule has 0 fully saturated rings. The predicted molar refractivity (Wildman–Crippen MR) is 84.0 cm³/mol. The molecule has 0 saturated carbocycles. The highest BCUT2D eigenvalue weighted by atomic mass is 35.5. The van der Waals surface area contributed by atoms with Crippen molar-refractivity contribution in [2.24, 2.45) is 5.73 Å². The highest BCUT2D eigenvalue weighted by Gasteiger charge is 2.12. The van der Waals surface area contributed by atoms with Crippen molar-refractivity contribution in [3.63, 3.8) is 0 Å². The van der Waals surface area contributed by atoms with Crippen molar-refractivity contribution in [1.29, 1.82) is 5.41 Å². The Morgan fingerprint density at radius 3 is 2.43 bits per heavy atom. The van der Waals surface area contributed by atoms with Crippen LogP contribution >= 0.6 is 11.6 Å². The van der Waals surface area contributed by atoms with Crippen LogP contribution in [-0.2, 0) is 13.1 Å². The number of hydrogen-bond acceptors (Lipinski definition) is 2. The molecule has 110 valence electrons. The van der Waals surface area contributed by atoms with Gasteiger partial charge in [0.25, 0.3) is 0 Å². The molecular weight excluding hydrogens is 289 g/mol. The summed E-state index contributed by atoms with van der Waals surface area (Å²) in [5, 5.41) is 8.07. The minimum Gasteiger partial charge on any atom is -0.384 e. The van der Waals surface area contributed by atoms with E-state index in [4.69, 9.17) is 22.7 Å². The fraction of sp³-hybridized carbons (Fsp3) is 0.188. The Hall–Kier alpha value is -1.91. The molecular formula is C16H17ClFN3. The molecule has 3 N–H and O–H groups in total. The topological polar surface area (TPSA) is 53.1 Å². The van der Waals surface area contributed by atoms with Crippen LogP contribution in [-0.4, -0.2) is 17.8 Å². The third-order valence-electron chi connectivity index (χ3n) is 3.21. The molecule has 0 aliphatic rings. The molecule has 21 heavy (non-hydrogen) atoms. The van der Waals surface area contributed by atoms with E-state index in [-0.39, 0.29) is 11.4 Å². The number of nitrogen functional groups attached to an aromatic ring is 1. The molecule has 0 heterocycles. The number of nitrogens with two attached hydrogens (primary N) is 1. The normalized spacial score (nSPS) is 10.9. The van der Waals surface area contributed by atoms with E-state index in [0.717, 1.165) is 5.56 Å². The van der Waals surface area contributed by atoms with E-state index in [1.807, 2.05) is 36.2 Å². The quantitative estimate of drug-likeness (QED) is 0.657. The number of hydrogen-bond donors (Lipinski definition) is 2. The van der Waals surface area contributed by atoms with E-state index in [9.17, 15) is 4.39 Å². The van der Waals surface area contributed by atoms with Gasteiger partial charge in [-0.3, -0.25) is 10.3 Å². The van der Waals surface area contributed by atoms with Gasteiger partial charge in [0.15, 0.2) is 0 Å². The van der Waals surface area contributed by atoms with Gasteiger partial charge in [0.05, 0.1) is 5.56 Å². The molecule has 2 rings (SSSR count). The van der Waals surface area contributed by atoms with Crippen molar-refractivity contribution in [2.75, 3.05) is 7.05 Å². The van der Waals surface area contributed by atoms with Crippen LogP contribution in [0.5, 0.6) is 0 Å². The van der Waals surface area contributed by atoms with Crippen LogP contribution in [0, 0.1) is 11.2 Å². The number of benzene rings is 2. The Morgan fingerprint density at radius 2 is 1.76 bits per heavy atom. The molecule has 0 atom stereocenters. The maximum absolute atomic E-state index is 14.2. The maximum Gasteiger partial charge on any atom is 0.138 e. The second-order valence-electron chi connectivity index (χ2n) is 4.96. The summed E-state index contributed by atoms with van der Waals surface area (Å²) < 4.78 is 14.2. The molecule has 0 radical (unpaired) electrons. The lowest BCUT2D eigenvalue weighted by atomic mass is 10.1. The van der Waals surface area contributed by atoms with Gasteiger partial charge in [-0.15, -0.1) is 0 Å². The monoisotopic (exact) mass is 305 g/mol. The molecule has 0 aliphatic carbocycles. The molecule has 3 nitrogen and oxygen atoms in total. The van der Waals surface area contributed by atoms with Gasteiger partial charge < -0.3 is 5.73 Å². The van der Waals surface area contributed by atoms with Crippen molar-refractivity contribution in [3.8, 4) is 0 Å². The minimum atomic E-state index is -0.434. The Labute approximate surface area is 128 Å². The number of nitrogens with one attached hydrogen (secondary N) is 1. The summed E-state index contributed by atoms with van der Waals surface area (Å²) in [5.41, 5.74) is 7.01. The second-order valence-corrected chi connectivity index (χ2v) is 5.36. The van der Waals surface area contributed by atoms with Crippen molar-refractivity contribution < 1.29 is 4.39 Å². The van der Waals surface area contributed by atoms with Gasteiger partial charge in [0.2, 0.25) is 0 Å². The van der Waals surface area contributed by atoms with E-state index in [0.29, 0.717) is 23.7 Å². The van der Waals surface area contributed by atoms with Crippen molar-refractivity contribution in [3.05, 3.63) is 70.0 Å². The molecule has 2 aromatic rings. The Bertz CT molecular complexity index is 658. The standard InChI is InChI=1S/C16H17ClFN3/c1-21(9-11-5-2-3-8-14(11)17)10-12-6-4-7-13(15(12)18)16(19)20/h2-8H,9-10H2,1H3,(H3,19,20). The zero-order chi connectivity index (χ0) is 15.4. The Morgan fingerprint density at radius 1 is 1.14 bits per heavy atom. The van der Waals surface area contributed by atoms with Crippen molar-refractivity contribution >= 4 is 17.4 Å². The third-order valence-corrected chi connectivity index (χ3v) is 3.58. The molecule has 0 unspecified atom stereocenters. The van der Waals surface area contributed by atoms with Gasteiger partial charge in [0.1, 0.15) is 11.7 Å². The molecule has 0 amide bonds. The Balaban J connectivity index is 2.13. The van der Waals surface area contributed by atoms with Crippen LogP contribution in [0.2, 0.25) is 5.02 Å². The highest BCUT2D eigenvalue weighted by molar-refractivity contribution is 6.31. The SMILES string of the molecule is CN(Cc1ccccc1Cl)Cc1cccc(C(=N)N)c1F. The minimum absolute atomic E-state index is 0.138. The first-order valence-electron chi connectivity index (χ1n) is 6.52. The van der Waals surface area contributed by atoms with E-state index in [1.54, 1.807) is 12.1 Å². The predicted octanol–water partition coefficient (Wildman–Crippen LogP) is 3.40. The molecule has 5 heteroatoms. The lowest BCUT2D eigenvalue weighted by Crippen LogP contribution is -2.20. The summed E-state index contributed by atoms with van der Waals surface area (Å²) in [4.78, 5) is 1.96. The van der Waals surface area contributed by atoms with Gasteiger partial charge in [-0.05, 0) is 24.7 Å². The van der Waals surface area contributed by atoms with Gasteiger partial charge in [-0.2, -0.15) is 0 Å². The number of rotatable bonds is 5. The zero-order valence-electron chi connectivity index (χ0n) is 11.7. The molecule has 0 aromatic heterocycles. The average Bonchev–Trinajstić information content (AvgIpc) is 2.43. The molecule has 0 saturated heterocycles. The van der Waals surface area contributed by atoms with E-state index >= 15 is 0 Å². The number of nitrogens with zero attached hydrogens (tertiary/aromatic N) is 1. The summed E-state index contributed by atoms with van der Waals surface area (Å²) in [7, 11) is 1.89. The lowest BCUT2D eigenvalue weighted by Gasteiger charge is -2.18. The van der Waals surface area contributed by atoms with Crippen LogP contribution in [0.25, 0.3) is 0 Å². The van der Waals surface area contributed by atoms with Crippen LogP contribution in [0.3, 0.4) is 0 Å². The fourth-order valence-electron chi connectivity index (χ4n) is 2.17. The molecule has 2 aromatic carbocycles. The number of halogens is 2. The summed E-state index contributed by atoms with van der Waals surface area (Å²) in [5.74, 6) is -0.695. The van der Waals surface area contributed by atoms with Crippen LogP contribution in [0.15, 0.2) is 42.5 Å². The zero-order valence-corrected chi connectivity index (χ0v) is 12.5. The van der Waals surface area contributed by atoms with Gasteiger partial charge in [0, 0.05) is 23.7 Å². The van der Waals surface area contributed by atoms with Gasteiger partial charge in [-0.1, -0.05) is 41.9 Å². The maximum atomic E-state index is 14.2. The highest BCUT2D eigenvalue weighted by Crippen LogP contribution is 2.19. The average molecular weight is 306 g/mol. The lowest BCUT2D eigenvalue weighted by molar-refractivity contribution is 0.313. The van der Waals surface area contributed by atoms with Crippen LogP contribution < -0.4 is 5.73 Å². The summed E-state index contributed by atoms with van der Waals surface area (Å²) in [6, 6.07) is 12.5. The summed E-state index contributed by atoms with van der Waals surface area (Å²) >= 11 is 6.12. The van der Waals surface area contributed by atoms with E-state index < -0.39 is 5.82 Å². The van der Waals surface area contributed by atoms with Crippen LogP contribution in [0.4, 0.5) is 4.39 Å². The molecule has 0 bridgehead atoms. The van der Waals surface area contributed by atoms with Crippen molar-refractivity contribution in [1.82, 2.24) is 4.90 Å². The summed E-state index contributed by atoms with van der Waals surface area (Å²) in [6.07, 6.45) is 0. The van der Waals surface area contributed by atoms with Crippen molar-refractivity contribution in [2.45, 2.75) is 13.1 Å². The largest absolute Gasteiger partial charge is 0.384 e. The third kappa shape index (κ3) is 3.80. The van der Waals surface area contributed by atoms with E-state index in [1.165, 1.54) is 6.07 Å². The Kier molecular flexibility index (Phi) is 4.94. The fourth-order valence-corrected chi connectivity index (χ4v) is 2.37. The smallest absolute Gasteiger partial charge is 0.138 e.